The number of fused-ring (bicyclic) bond motifs is 1. The van der Waals surface area contributed by atoms with Crippen molar-refractivity contribution in [2.75, 3.05) is 12.4 Å². The number of aryl methyl sites for hydroxylation is 3. The van der Waals surface area contributed by atoms with E-state index in [1.165, 1.54) is 11.7 Å². The molecule has 0 spiro atoms. The van der Waals surface area contributed by atoms with Crippen molar-refractivity contribution in [3.05, 3.63) is 68.9 Å². The lowest BCUT2D eigenvalue weighted by Gasteiger charge is -2.20. The van der Waals surface area contributed by atoms with Crippen LogP contribution in [0.15, 0.2) is 35.1 Å². The summed E-state index contributed by atoms with van der Waals surface area (Å²) >= 11 is 0. The van der Waals surface area contributed by atoms with Gasteiger partial charge in [0.05, 0.1) is 24.1 Å². The van der Waals surface area contributed by atoms with Gasteiger partial charge in [-0.2, -0.15) is 5.10 Å². The third-order valence-electron chi connectivity index (χ3n) is 5.51. The van der Waals surface area contributed by atoms with E-state index in [0.717, 1.165) is 36.3 Å². The number of carbonyl (C=O) groups excluding carboxylic acids is 2. The molecule has 0 atom stereocenters. The fourth-order valence-electron chi connectivity index (χ4n) is 3.97. The number of esters is 1. The van der Waals surface area contributed by atoms with Crippen LogP contribution >= 0.6 is 0 Å². The third-order valence-corrected chi connectivity index (χ3v) is 5.51. The number of carbonyl (C=O) groups is 2. The van der Waals surface area contributed by atoms with Crippen molar-refractivity contribution in [2.24, 2.45) is 0 Å². The molecule has 0 saturated carbocycles. The molecule has 4 rings (SSSR count). The second kappa shape index (κ2) is 8.78. The Kier molecular flexibility index (Phi) is 5.89. The van der Waals surface area contributed by atoms with Crippen LogP contribution in [0, 0.1) is 13.8 Å². The van der Waals surface area contributed by atoms with Crippen LogP contribution in [0.4, 0.5) is 5.69 Å². The lowest BCUT2D eigenvalue weighted by atomic mass is 9.97. The molecule has 1 aromatic carbocycles. The highest BCUT2D eigenvalue weighted by Gasteiger charge is 2.23. The number of methoxy groups -OCH3 is 1. The van der Waals surface area contributed by atoms with Gasteiger partial charge in [0.25, 0.3) is 5.56 Å². The topological polar surface area (TPSA) is 108 Å². The molecular formula is C23H25N5O4. The Bertz CT molecular complexity index is 1240. The highest BCUT2D eigenvalue weighted by Crippen LogP contribution is 2.19. The molecule has 1 aliphatic carbocycles. The minimum atomic E-state index is -0.455. The molecule has 0 unspecified atom stereocenters. The van der Waals surface area contributed by atoms with Gasteiger partial charge in [0, 0.05) is 16.9 Å². The number of rotatable bonds is 5. The van der Waals surface area contributed by atoms with Crippen molar-refractivity contribution in [3.8, 4) is 5.95 Å². The summed E-state index contributed by atoms with van der Waals surface area (Å²) in [5.74, 6) is -0.486. The Balaban J connectivity index is 1.66. The van der Waals surface area contributed by atoms with Gasteiger partial charge in [-0.25, -0.2) is 14.5 Å². The zero-order chi connectivity index (χ0) is 22.8. The number of anilines is 1. The lowest BCUT2D eigenvalue weighted by Crippen LogP contribution is -2.35. The molecule has 0 saturated heterocycles. The molecule has 1 N–H and O–H groups in total. The number of nitrogens with one attached hydrogen (secondary N) is 1. The summed E-state index contributed by atoms with van der Waals surface area (Å²) < 4.78 is 7.69. The number of hydrogen-bond acceptors (Lipinski definition) is 6. The molecule has 0 radical (unpaired) electrons. The van der Waals surface area contributed by atoms with Crippen LogP contribution in [0.1, 0.15) is 45.8 Å². The fourth-order valence-corrected chi connectivity index (χ4v) is 3.97. The predicted octanol–water partition coefficient (Wildman–Crippen LogP) is 2.35. The summed E-state index contributed by atoms with van der Waals surface area (Å²) in [7, 11) is 1.31. The standard InChI is InChI=1S/C23H25N5O4/c1-14-12-15(2)28(26-14)23-25-19-7-5-4-6-18(19)21(30)27(23)13-20(29)24-17-10-8-16(9-11-17)22(31)32-3/h8-12H,4-7,13H2,1-3H3,(H,24,29). The van der Waals surface area contributed by atoms with Crippen molar-refractivity contribution in [1.82, 2.24) is 19.3 Å². The summed E-state index contributed by atoms with van der Waals surface area (Å²) in [4.78, 5) is 42.5. The normalized spacial score (nSPS) is 12.8. The first-order valence-corrected chi connectivity index (χ1v) is 10.5. The Labute approximate surface area is 185 Å². The van der Waals surface area contributed by atoms with Crippen molar-refractivity contribution in [2.45, 2.75) is 46.1 Å². The van der Waals surface area contributed by atoms with E-state index in [0.29, 0.717) is 29.2 Å². The summed E-state index contributed by atoms with van der Waals surface area (Å²) in [6.45, 7) is 3.56. The van der Waals surface area contributed by atoms with E-state index in [1.807, 2.05) is 19.9 Å². The first-order valence-electron chi connectivity index (χ1n) is 10.5. The number of hydrogen-bond donors (Lipinski definition) is 1. The fraction of sp³-hybridized carbons (Fsp3) is 0.348. The summed E-state index contributed by atoms with van der Waals surface area (Å²) in [5.41, 5.74) is 3.79. The van der Waals surface area contributed by atoms with Gasteiger partial charge in [-0.1, -0.05) is 0 Å². The van der Waals surface area contributed by atoms with Crippen LogP contribution in [-0.4, -0.2) is 38.3 Å². The Morgan fingerprint density at radius 3 is 2.50 bits per heavy atom. The number of aromatic nitrogens is 4. The highest BCUT2D eigenvalue weighted by molar-refractivity contribution is 5.93. The van der Waals surface area contributed by atoms with Gasteiger partial charge in [-0.3, -0.25) is 14.2 Å². The van der Waals surface area contributed by atoms with Crippen LogP contribution in [0.25, 0.3) is 5.95 Å². The minimum Gasteiger partial charge on any atom is -0.465 e. The largest absolute Gasteiger partial charge is 0.465 e. The maximum Gasteiger partial charge on any atom is 0.337 e. The molecule has 0 fully saturated rings. The Morgan fingerprint density at radius 2 is 1.84 bits per heavy atom. The molecule has 9 nitrogen and oxygen atoms in total. The molecule has 9 heteroatoms. The van der Waals surface area contributed by atoms with E-state index < -0.39 is 5.97 Å². The van der Waals surface area contributed by atoms with E-state index in [4.69, 9.17) is 4.98 Å². The van der Waals surface area contributed by atoms with Crippen LogP contribution in [0.5, 0.6) is 0 Å². The maximum atomic E-state index is 13.3. The molecule has 1 aliphatic rings. The monoisotopic (exact) mass is 435 g/mol. The van der Waals surface area contributed by atoms with E-state index in [9.17, 15) is 14.4 Å². The quantitative estimate of drug-likeness (QED) is 0.617. The van der Waals surface area contributed by atoms with Crippen molar-refractivity contribution < 1.29 is 14.3 Å². The van der Waals surface area contributed by atoms with E-state index in [2.05, 4.69) is 15.2 Å². The van der Waals surface area contributed by atoms with E-state index >= 15 is 0 Å². The molecule has 2 aromatic heterocycles. The van der Waals surface area contributed by atoms with Crippen LogP contribution < -0.4 is 10.9 Å². The van der Waals surface area contributed by atoms with Gasteiger partial charge in [-0.05, 0) is 69.9 Å². The molecule has 3 aromatic rings. The molecule has 0 bridgehead atoms. The van der Waals surface area contributed by atoms with Crippen LogP contribution in [0.2, 0.25) is 0 Å². The van der Waals surface area contributed by atoms with Gasteiger partial charge in [0.1, 0.15) is 6.54 Å². The highest BCUT2D eigenvalue weighted by atomic mass is 16.5. The van der Waals surface area contributed by atoms with E-state index in [1.54, 1.807) is 28.9 Å². The van der Waals surface area contributed by atoms with Crippen molar-refractivity contribution in [1.29, 1.82) is 0 Å². The van der Waals surface area contributed by atoms with Crippen molar-refractivity contribution in [3.63, 3.8) is 0 Å². The number of benzene rings is 1. The molecule has 32 heavy (non-hydrogen) atoms. The molecular weight excluding hydrogens is 410 g/mol. The van der Waals surface area contributed by atoms with Crippen molar-refractivity contribution >= 4 is 17.6 Å². The molecule has 1 amide bonds. The lowest BCUT2D eigenvalue weighted by molar-refractivity contribution is -0.116. The zero-order valence-corrected chi connectivity index (χ0v) is 18.3. The average Bonchev–Trinajstić information content (AvgIpc) is 3.13. The average molecular weight is 435 g/mol. The second-order valence-electron chi connectivity index (χ2n) is 7.89. The third kappa shape index (κ3) is 4.18. The van der Waals surface area contributed by atoms with Crippen LogP contribution in [-0.2, 0) is 28.9 Å². The van der Waals surface area contributed by atoms with Gasteiger partial charge in [-0.15, -0.1) is 0 Å². The second-order valence-corrected chi connectivity index (χ2v) is 7.89. The number of nitrogens with zero attached hydrogens (tertiary/aromatic N) is 4. The first-order chi connectivity index (χ1) is 15.4. The van der Waals surface area contributed by atoms with Gasteiger partial charge < -0.3 is 10.1 Å². The molecule has 0 aliphatic heterocycles. The predicted molar refractivity (Wildman–Crippen MR) is 118 cm³/mol. The van der Waals surface area contributed by atoms with Gasteiger partial charge in [0.15, 0.2) is 0 Å². The van der Waals surface area contributed by atoms with Gasteiger partial charge >= 0.3 is 5.97 Å². The van der Waals surface area contributed by atoms with Crippen LogP contribution in [0.3, 0.4) is 0 Å². The minimum absolute atomic E-state index is 0.201. The summed E-state index contributed by atoms with van der Waals surface area (Å²) in [5, 5.41) is 7.25. The zero-order valence-electron chi connectivity index (χ0n) is 18.3. The molecule has 2 heterocycles. The first kappa shape index (κ1) is 21.5. The smallest absolute Gasteiger partial charge is 0.337 e. The number of ether oxygens (including phenoxy) is 1. The maximum absolute atomic E-state index is 13.3. The summed E-state index contributed by atoms with van der Waals surface area (Å²) in [6.07, 6.45) is 3.33. The van der Waals surface area contributed by atoms with Gasteiger partial charge in [0.2, 0.25) is 11.9 Å². The van der Waals surface area contributed by atoms with E-state index in [-0.39, 0.29) is 18.0 Å². The SMILES string of the molecule is COC(=O)c1ccc(NC(=O)Cn2c(-n3nc(C)cc3C)nc3c(c2=O)CCCC3)cc1. The Morgan fingerprint density at radius 1 is 1.12 bits per heavy atom. The summed E-state index contributed by atoms with van der Waals surface area (Å²) in [6, 6.07) is 8.25. The number of amides is 1. The Hall–Kier alpha value is -3.75. The molecule has 166 valence electrons.